The van der Waals surface area contributed by atoms with Gasteiger partial charge in [0.25, 0.3) is 0 Å². The number of carboxylic acid groups (broad SMARTS) is 1. The molecule has 0 radical (unpaired) electrons. The first-order chi connectivity index (χ1) is 11.7. The summed E-state index contributed by atoms with van der Waals surface area (Å²) in [5.74, 6) is -0.715. The fourth-order valence-electron chi connectivity index (χ4n) is 3.50. The van der Waals surface area contributed by atoms with Crippen molar-refractivity contribution in [3.8, 4) is 0 Å². The van der Waals surface area contributed by atoms with E-state index >= 15 is 0 Å². The van der Waals surface area contributed by atoms with E-state index in [2.05, 4.69) is 5.32 Å². The summed E-state index contributed by atoms with van der Waals surface area (Å²) in [4.78, 5) is 11.1. The zero-order valence-corrected chi connectivity index (χ0v) is 14.6. The maximum atomic E-state index is 13.0. The fourth-order valence-corrected chi connectivity index (χ4v) is 3.50. The molecule has 25 heavy (non-hydrogen) atoms. The first-order valence-electron chi connectivity index (χ1n) is 8.82. The fraction of sp³-hybridized carbons (Fsp3) is 0.632. The second-order valence-electron chi connectivity index (χ2n) is 7.36. The molecule has 1 aliphatic rings. The number of carboxylic acids is 1. The van der Waals surface area contributed by atoms with Gasteiger partial charge in [-0.1, -0.05) is 26.0 Å². The predicted molar refractivity (Wildman–Crippen MR) is 90.2 cm³/mol. The minimum absolute atomic E-state index is 0.147. The molecule has 1 unspecified atom stereocenters. The van der Waals surface area contributed by atoms with E-state index in [1.54, 1.807) is 6.07 Å². The first kappa shape index (κ1) is 19.8. The normalized spacial score (nSPS) is 22.8. The molecule has 1 aromatic carbocycles. The highest BCUT2D eigenvalue weighted by atomic mass is 19.4. The molecule has 6 heteroatoms. The van der Waals surface area contributed by atoms with Gasteiger partial charge in [-0.25, -0.2) is 0 Å². The lowest BCUT2D eigenvalue weighted by molar-refractivity contribution is -0.143. The van der Waals surface area contributed by atoms with Crippen LogP contribution in [0, 0.1) is 11.8 Å². The van der Waals surface area contributed by atoms with Gasteiger partial charge in [0, 0.05) is 12.1 Å². The van der Waals surface area contributed by atoms with Gasteiger partial charge < -0.3 is 10.4 Å². The number of hydrogen-bond donors (Lipinski definition) is 2. The largest absolute Gasteiger partial charge is 0.481 e. The van der Waals surface area contributed by atoms with E-state index in [1.165, 1.54) is 12.1 Å². The molecule has 1 saturated carbocycles. The van der Waals surface area contributed by atoms with Gasteiger partial charge >= 0.3 is 12.1 Å². The first-order valence-corrected chi connectivity index (χ1v) is 8.82. The molecule has 1 atom stereocenters. The summed E-state index contributed by atoms with van der Waals surface area (Å²) in [6.45, 7) is 4.09. The summed E-state index contributed by atoms with van der Waals surface area (Å²) in [5.41, 5.74) is 0.0130. The van der Waals surface area contributed by atoms with Crippen LogP contribution >= 0.6 is 0 Å². The molecule has 1 aliphatic carbocycles. The SMILES string of the molecule is CC(C)CC(NC1CCC(C(=O)O)CC1)c1cccc(C(F)(F)F)c1. The lowest BCUT2D eigenvalue weighted by Gasteiger charge is -2.32. The molecule has 140 valence electrons. The highest BCUT2D eigenvalue weighted by Crippen LogP contribution is 2.33. The highest BCUT2D eigenvalue weighted by molar-refractivity contribution is 5.70. The molecule has 1 fully saturated rings. The molecule has 0 heterocycles. The maximum Gasteiger partial charge on any atom is 0.416 e. The Balaban J connectivity index is 2.11. The van der Waals surface area contributed by atoms with Gasteiger partial charge in [-0.05, 0) is 55.7 Å². The van der Waals surface area contributed by atoms with Crippen molar-refractivity contribution < 1.29 is 23.1 Å². The minimum Gasteiger partial charge on any atom is -0.481 e. The Labute approximate surface area is 146 Å². The third kappa shape index (κ3) is 5.73. The van der Waals surface area contributed by atoms with E-state index in [0.29, 0.717) is 24.3 Å². The number of nitrogens with one attached hydrogen (secondary N) is 1. The second-order valence-corrected chi connectivity index (χ2v) is 7.36. The minimum atomic E-state index is -4.35. The van der Waals surface area contributed by atoms with E-state index in [0.717, 1.165) is 25.3 Å². The average molecular weight is 357 g/mol. The number of halogens is 3. The van der Waals surface area contributed by atoms with Crippen molar-refractivity contribution >= 4 is 5.97 Å². The van der Waals surface area contributed by atoms with Crippen LogP contribution in [0.3, 0.4) is 0 Å². The molecular weight excluding hydrogens is 331 g/mol. The average Bonchev–Trinajstić information content (AvgIpc) is 2.53. The van der Waals surface area contributed by atoms with Crippen molar-refractivity contribution in [3.63, 3.8) is 0 Å². The van der Waals surface area contributed by atoms with Crippen molar-refractivity contribution in [2.24, 2.45) is 11.8 Å². The lowest BCUT2D eigenvalue weighted by Crippen LogP contribution is -2.37. The number of aliphatic carboxylic acids is 1. The summed E-state index contributed by atoms with van der Waals surface area (Å²) in [6.07, 6.45) is -0.902. The standard InChI is InChI=1S/C19H26F3NO2/c1-12(2)10-17(14-4-3-5-15(11-14)19(20,21)22)23-16-8-6-13(7-9-16)18(24)25/h3-5,11-13,16-17,23H,6-10H2,1-2H3,(H,24,25). The van der Waals surface area contributed by atoms with Gasteiger partial charge in [0.1, 0.15) is 0 Å². The number of carbonyl (C=O) groups is 1. The summed E-state index contributed by atoms with van der Waals surface area (Å²) < 4.78 is 39.0. The van der Waals surface area contributed by atoms with Crippen LogP contribution in [-0.4, -0.2) is 17.1 Å². The summed E-state index contributed by atoms with van der Waals surface area (Å²) in [7, 11) is 0. The Bertz CT molecular complexity index is 578. The van der Waals surface area contributed by atoms with Gasteiger partial charge in [0.05, 0.1) is 11.5 Å². The monoisotopic (exact) mass is 357 g/mol. The van der Waals surface area contributed by atoms with E-state index < -0.39 is 17.7 Å². The van der Waals surface area contributed by atoms with E-state index in [1.807, 2.05) is 13.8 Å². The quantitative estimate of drug-likeness (QED) is 0.751. The zero-order valence-electron chi connectivity index (χ0n) is 14.6. The molecule has 0 aromatic heterocycles. The molecule has 0 spiro atoms. The van der Waals surface area contributed by atoms with E-state index in [4.69, 9.17) is 5.11 Å². The molecular formula is C19H26F3NO2. The molecule has 0 saturated heterocycles. The van der Waals surface area contributed by atoms with Crippen LogP contribution in [-0.2, 0) is 11.0 Å². The van der Waals surface area contributed by atoms with Gasteiger partial charge in [0.15, 0.2) is 0 Å². The number of hydrogen-bond acceptors (Lipinski definition) is 2. The van der Waals surface area contributed by atoms with Crippen molar-refractivity contribution in [1.29, 1.82) is 0 Å². The highest BCUT2D eigenvalue weighted by Gasteiger charge is 2.32. The number of benzene rings is 1. The van der Waals surface area contributed by atoms with Crippen LogP contribution in [0.15, 0.2) is 24.3 Å². The molecule has 1 aromatic rings. The predicted octanol–water partition coefficient (Wildman–Crippen LogP) is 5.03. The van der Waals surface area contributed by atoms with E-state index in [9.17, 15) is 18.0 Å². The molecule has 0 bridgehead atoms. The Kier molecular flexibility index (Phi) is 6.49. The Morgan fingerprint density at radius 2 is 1.88 bits per heavy atom. The van der Waals surface area contributed by atoms with Crippen LogP contribution in [0.1, 0.15) is 63.1 Å². The van der Waals surface area contributed by atoms with Gasteiger partial charge in [-0.15, -0.1) is 0 Å². The summed E-state index contributed by atoms with van der Waals surface area (Å²) >= 11 is 0. The number of alkyl halides is 3. The smallest absolute Gasteiger partial charge is 0.416 e. The van der Waals surface area contributed by atoms with Crippen molar-refractivity contribution in [3.05, 3.63) is 35.4 Å². The third-order valence-electron chi connectivity index (χ3n) is 4.84. The Hall–Kier alpha value is -1.56. The number of rotatable bonds is 6. The topological polar surface area (TPSA) is 49.3 Å². The molecule has 2 N–H and O–H groups in total. The van der Waals surface area contributed by atoms with Gasteiger partial charge in [-0.3, -0.25) is 4.79 Å². The molecule has 3 nitrogen and oxygen atoms in total. The Morgan fingerprint density at radius 1 is 1.24 bits per heavy atom. The second kappa shape index (κ2) is 8.21. The van der Waals surface area contributed by atoms with Gasteiger partial charge in [-0.2, -0.15) is 13.2 Å². The lowest BCUT2D eigenvalue weighted by atomic mass is 9.85. The van der Waals surface area contributed by atoms with Crippen molar-refractivity contribution in [2.45, 2.75) is 64.2 Å². The van der Waals surface area contributed by atoms with Crippen molar-refractivity contribution in [1.82, 2.24) is 5.32 Å². The summed E-state index contributed by atoms with van der Waals surface area (Å²) in [5, 5.41) is 12.6. The van der Waals surface area contributed by atoms with Crippen LogP contribution in [0.4, 0.5) is 13.2 Å². The zero-order chi connectivity index (χ0) is 18.6. The maximum absolute atomic E-state index is 13.0. The summed E-state index contributed by atoms with van der Waals surface area (Å²) in [6, 6.07) is 5.49. The Morgan fingerprint density at radius 3 is 2.40 bits per heavy atom. The molecule has 0 amide bonds. The van der Waals surface area contributed by atoms with Crippen LogP contribution in [0.2, 0.25) is 0 Å². The van der Waals surface area contributed by atoms with Crippen LogP contribution in [0.25, 0.3) is 0 Å². The molecule has 2 rings (SSSR count). The van der Waals surface area contributed by atoms with Crippen LogP contribution in [0.5, 0.6) is 0 Å². The van der Waals surface area contributed by atoms with Gasteiger partial charge in [0.2, 0.25) is 0 Å². The van der Waals surface area contributed by atoms with Crippen molar-refractivity contribution in [2.75, 3.05) is 0 Å². The molecule has 0 aliphatic heterocycles. The third-order valence-corrected chi connectivity index (χ3v) is 4.84. The van der Waals surface area contributed by atoms with E-state index in [-0.39, 0.29) is 18.0 Å². The van der Waals surface area contributed by atoms with Crippen LogP contribution < -0.4 is 5.32 Å².